The average molecular weight is 388 g/mol. The molecule has 0 saturated carbocycles. The molecule has 1 aromatic carbocycles. The van der Waals surface area contributed by atoms with Gasteiger partial charge in [0.1, 0.15) is 0 Å². The summed E-state index contributed by atoms with van der Waals surface area (Å²) in [6.45, 7) is 5.84. The fraction of sp³-hybridized carbons (Fsp3) is 0.556. The van der Waals surface area contributed by atoms with E-state index < -0.39 is 0 Å². The van der Waals surface area contributed by atoms with E-state index in [2.05, 4.69) is 16.0 Å². The largest absolute Gasteiger partial charge is 0.350 e. The highest BCUT2D eigenvalue weighted by Gasteiger charge is 2.17. The fourth-order valence-corrected chi connectivity index (χ4v) is 3.05. The van der Waals surface area contributed by atoms with Gasteiger partial charge in [-0.2, -0.15) is 0 Å². The van der Waals surface area contributed by atoms with Gasteiger partial charge in [-0.05, 0) is 70.3 Å². The number of hydrogen-bond donors (Lipinski definition) is 3. The zero-order chi connectivity index (χ0) is 17.5. The van der Waals surface area contributed by atoms with Gasteiger partial charge in [-0.1, -0.05) is 11.6 Å². The van der Waals surface area contributed by atoms with E-state index in [0.29, 0.717) is 28.6 Å². The molecule has 0 unspecified atom stereocenters. The Morgan fingerprint density at radius 2 is 1.96 bits per heavy atom. The monoisotopic (exact) mass is 387 g/mol. The molecule has 1 aromatic rings. The molecule has 3 N–H and O–H groups in total. The highest BCUT2D eigenvalue weighted by molar-refractivity contribution is 6.31. The van der Waals surface area contributed by atoms with E-state index in [-0.39, 0.29) is 30.3 Å². The Bertz CT molecular complexity index is 588. The van der Waals surface area contributed by atoms with Crippen LogP contribution in [-0.2, 0) is 4.79 Å². The van der Waals surface area contributed by atoms with Gasteiger partial charge in [0.15, 0.2) is 0 Å². The van der Waals surface area contributed by atoms with E-state index in [0.717, 1.165) is 32.4 Å². The molecule has 5 nitrogen and oxygen atoms in total. The Balaban J connectivity index is 0.00000312. The third-order valence-corrected chi connectivity index (χ3v) is 4.39. The molecule has 25 heavy (non-hydrogen) atoms. The van der Waals surface area contributed by atoms with Crippen molar-refractivity contribution in [3.8, 4) is 0 Å². The van der Waals surface area contributed by atoms with Crippen LogP contribution in [0.5, 0.6) is 0 Å². The molecule has 7 heteroatoms. The summed E-state index contributed by atoms with van der Waals surface area (Å²) < 4.78 is 0. The first kappa shape index (κ1) is 21.7. The van der Waals surface area contributed by atoms with Crippen molar-refractivity contribution in [2.75, 3.05) is 18.4 Å². The number of hydrogen-bond acceptors (Lipinski definition) is 3. The lowest BCUT2D eigenvalue weighted by molar-refractivity contribution is -0.116. The van der Waals surface area contributed by atoms with Crippen molar-refractivity contribution < 1.29 is 9.59 Å². The van der Waals surface area contributed by atoms with Crippen LogP contribution in [0.25, 0.3) is 0 Å². The summed E-state index contributed by atoms with van der Waals surface area (Å²) in [6.07, 6.45) is 3.57. The first-order valence-electron chi connectivity index (χ1n) is 8.56. The zero-order valence-corrected chi connectivity index (χ0v) is 16.3. The van der Waals surface area contributed by atoms with Crippen LogP contribution in [0.4, 0.5) is 5.69 Å². The van der Waals surface area contributed by atoms with E-state index in [1.165, 1.54) is 0 Å². The Kier molecular flexibility index (Phi) is 9.25. The Morgan fingerprint density at radius 3 is 2.60 bits per heavy atom. The highest BCUT2D eigenvalue weighted by Crippen LogP contribution is 2.23. The maximum Gasteiger partial charge on any atom is 0.253 e. The molecule has 2 rings (SSSR count). The van der Waals surface area contributed by atoms with Crippen molar-refractivity contribution in [1.82, 2.24) is 10.6 Å². The van der Waals surface area contributed by atoms with Crippen LogP contribution in [0.15, 0.2) is 18.2 Å². The van der Waals surface area contributed by atoms with Crippen LogP contribution in [0.2, 0.25) is 5.02 Å². The lowest BCUT2D eigenvalue weighted by Gasteiger charge is -2.22. The molecular formula is C18H27Cl2N3O2. The lowest BCUT2D eigenvalue weighted by Crippen LogP contribution is -2.31. The number of anilines is 1. The number of piperidine rings is 1. The smallest absolute Gasteiger partial charge is 0.253 e. The van der Waals surface area contributed by atoms with Crippen LogP contribution in [0.3, 0.4) is 0 Å². The first-order valence-corrected chi connectivity index (χ1v) is 8.94. The van der Waals surface area contributed by atoms with Gasteiger partial charge >= 0.3 is 0 Å². The van der Waals surface area contributed by atoms with E-state index in [9.17, 15) is 9.59 Å². The SMILES string of the molecule is CC(C)NC(=O)c1ccc(Cl)cc1NC(=O)CCC1CCNCC1.Cl. The summed E-state index contributed by atoms with van der Waals surface area (Å²) in [5, 5.41) is 9.50. The van der Waals surface area contributed by atoms with Gasteiger partial charge in [0.2, 0.25) is 5.91 Å². The summed E-state index contributed by atoms with van der Waals surface area (Å²) in [6, 6.07) is 4.94. The van der Waals surface area contributed by atoms with Crippen molar-refractivity contribution in [3.05, 3.63) is 28.8 Å². The predicted molar refractivity (Wildman–Crippen MR) is 105 cm³/mol. The molecule has 1 aliphatic heterocycles. The minimum atomic E-state index is -0.213. The molecule has 2 amide bonds. The molecule has 0 aromatic heterocycles. The zero-order valence-electron chi connectivity index (χ0n) is 14.7. The second kappa shape index (κ2) is 10.6. The lowest BCUT2D eigenvalue weighted by atomic mass is 9.93. The summed E-state index contributed by atoms with van der Waals surface area (Å²) in [5.74, 6) is 0.310. The van der Waals surface area contributed by atoms with Crippen LogP contribution in [-0.4, -0.2) is 30.9 Å². The van der Waals surface area contributed by atoms with Crippen molar-refractivity contribution in [2.24, 2.45) is 5.92 Å². The van der Waals surface area contributed by atoms with Crippen molar-refractivity contribution in [1.29, 1.82) is 0 Å². The molecule has 0 radical (unpaired) electrons. The Morgan fingerprint density at radius 1 is 1.28 bits per heavy atom. The quantitative estimate of drug-likeness (QED) is 0.697. The highest BCUT2D eigenvalue weighted by atomic mass is 35.5. The van der Waals surface area contributed by atoms with Crippen LogP contribution < -0.4 is 16.0 Å². The number of rotatable bonds is 6. The summed E-state index contributed by atoms with van der Waals surface area (Å²) in [7, 11) is 0. The number of carbonyl (C=O) groups excluding carboxylic acids is 2. The third-order valence-electron chi connectivity index (χ3n) is 4.16. The van der Waals surface area contributed by atoms with Crippen LogP contribution in [0.1, 0.15) is 49.9 Å². The second-order valence-corrected chi connectivity index (χ2v) is 7.03. The molecule has 1 heterocycles. The number of carbonyl (C=O) groups is 2. The first-order chi connectivity index (χ1) is 11.5. The van der Waals surface area contributed by atoms with Gasteiger partial charge in [0.05, 0.1) is 11.3 Å². The van der Waals surface area contributed by atoms with E-state index >= 15 is 0 Å². The number of amides is 2. The number of benzene rings is 1. The minimum absolute atomic E-state index is 0. The maximum atomic E-state index is 12.3. The summed E-state index contributed by atoms with van der Waals surface area (Å²) in [4.78, 5) is 24.5. The molecule has 1 saturated heterocycles. The summed E-state index contributed by atoms with van der Waals surface area (Å²) >= 11 is 6.02. The molecular weight excluding hydrogens is 361 g/mol. The summed E-state index contributed by atoms with van der Waals surface area (Å²) in [5.41, 5.74) is 0.902. The van der Waals surface area contributed by atoms with Crippen LogP contribution >= 0.6 is 24.0 Å². The number of nitrogens with one attached hydrogen (secondary N) is 3. The molecule has 1 aliphatic rings. The van der Waals surface area contributed by atoms with Gasteiger partial charge in [-0.3, -0.25) is 9.59 Å². The number of halogens is 2. The van der Waals surface area contributed by atoms with E-state index in [1.807, 2.05) is 13.8 Å². The predicted octanol–water partition coefficient (Wildman–Crippen LogP) is 3.62. The van der Waals surface area contributed by atoms with Gasteiger partial charge in [-0.25, -0.2) is 0 Å². The van der Waals surface area contributed by atoms with Gasteiger partial charge in [0.25, 0.3) is 5.91 Å². The topological polar surface area (TPSA) is 70.2 Å². The minimum Gasteiger partial charge on any atom is -0.350 e. The van der Waals surface area contributed by atoms with Gasteiger partial charge in [0, 0.05) is 17.5 Å². The van der Waals surface area contributed by atoms with Crippen LogP contribution in [0, 0.1) is 5.92 Å². The maximum absolute atomic E-state index is 12.3. The Hall–Kier alpha value is -1.30. The molecule has 1 fully saturated rings. The molecule has 0 bridgehead atoms. The molecule has 140 valence electrons. The molecule has 0 aliphatic carbocycles. The average Bonchev–Trinajstić information content (AvgIpc) is 2.53. The third kappa shape index (κ3) is 7.22. The van der Waals surface area contributed by atoms with Gasteiger partial charge in [-0.15, -0.1) is 12.4 Å². The van der Waals surface area contributed by atoms with Crippen molar-refractivity contribution >= 4 is 41.5 Å². The Labute approximate surface area is 160 Å². The van der Waals surface area contributed by atoms with Gasteiger partial charge < -0.3 is 16.0 Å². The second-order valence-electron chi connectivity index (χ2n) is 6.60. The van der Waals surface area contributed by atoms with Crippen molar-refractivity contribution in [2.45, 2.75) is 45.6 Å². The molecule has 0 atom stereocenters. The van der Waals surface area contributed by atoms with Crippen molar-refractivity contribution in [3.63, 3.8) is 0 Å². The van der Waals surface area contributed by atoms with E-state index in [1.54, 1.807) is 18.2 Å². The molecule has 0 spiro atoms. The standard InChI is InChI=1S/C18H26ClN3O2.ClH/c1-12(2)21-18(24)15-5-4-14(19)11-16(15)22-17(23)6-3-13-7-9-20-10-8-13;/h4-5,11-13,20H,3,6-10H2,1-2H3,(H,21,24)(H,22,23);1H. The normalized spacial score (nSPS) is 14.7. The van der Waals surface area contributed by atoms with E-state index in [4.69, 9.17) is 11.6 Å². The fourth-order valence-electron chi connectivity index (χ4n) is 2.88.